The maximum absolute atomic E-state index is 8.49. The lowest BCUT2D eigenvalue weighted by Crippen LogP contribution is -2.77. The predicted octanol–water partition coefficient (Wildman–Crippen LogP) is -1.09. The predicted molar refractivity (Wildman–Crippen MR) is 132 cm³/mol. The van der Waals surface area contributed by atoms with Crippen molar-refractivity contribution in [2.75, 3.05) is 35.0 Å². The van der Waals surface area contributed by atoms with E-state index in [2.05, 4.69) is 30.1 Å². The van der Waals surface area contributed by atoms with Crippen molar-refractivity contribution in [3.63, 3.8) is 0 Å². The van der Waals surface area contributed by atoms with Crippen molar-refractivity contribution in [3.8, 4) is 34.3 Å². The first-order valence-corrected chi connectivity index (χ1v) is 13.0. The number of hydrogen-bond donors (Lipinski definition) is 1. The van der Waals surface area contributed by atoms with Crippen LogP contribution >= 0.6 is 0 Å². The van der Waals surface area contributed by atoms with Gasteiger partial charge in [-0.2, -0.15) is 0 Å². The Morgan fingerprint density at radius 1 is 0.718 bits per heavy atom. The zero-order chi connectivity index (χ0) is 28.6. The normalized spacial score (nSPS) is 11.6. The van der Waals surface area contributed by atoms with Crippen molar-refractivity contribution in [3.05, 3.63) is 77.1 Å². The molecule has 0 saturated heterocycles. The highest BCUT2D eigenvalue weighted by molar-refractivity contribution is 5.79. The fraction of sp³-hybridized carbons (Fsp3) is 0.250. The number of benzene rings is 3. The molecule has 0 aliphatic carbocycles. The standard InChI is InChI=1S/C28H29NO5.ClHO4/c1-18-6-9-23-21(14-18)22(29-13-12-19-7-10-24(30-2)27(15-19)32-4)17-26(34-23)20-8-11-25(31-3)28(16-20)33-5;2-1(3,4)5/h6-11,14-17H,12-13H2,1-5H3;(H,2,3,4,5). The van der Waals surface area contributed by atoms with Crippen LogP contribution in [0.1, 0.15) is 11.1 Å². The summed E-state index contributed by atoms with van der Waals surface area (Å²) in [4.78, 5) is 3.60. The summed E-state index contributed by atoms with van der Waals surface area (Å²) in [7, 11) is 1.60. The highest BCUT2D eigenvalue weighted by Gasteiger charge is 2.13. The number of aryl methyl sites for hydroxylation is 1. The van der Waals surface area contributed by atoms with Crippen molar-refractivity contribution in [2.45, 2.75) is 13.3 Å². The van der Waals surface area contributed by atoms with E-state index in [1.54, 1.807) is 28.4 Å². The van der Waals surface area contributed by atoms with Crippen LogP contribution in [0.3, 0.4) is 0 Å². The lowest BCUT2D eigenvalue weighted by atomic mass is 10.1. The van der Waals surface area contributed by atoms with E-state index >= 15 is 0 Å². The van der Waals surface area contributed by atoms with Crippen LogP contribution in [0.25, 0.3) is 22.3 Å². The first-order valence-electron chi connectivity index (χ1n) is 11.7. The quantitative estimate of drug-likeness (QED) is 0.283. The van der Waals surface area contributed by atoms with Gasteiger partial charge in [-0.25, -0.2) is 23.6 Å². The fourth-order valence-electron chi connectivity index (χ4n) is 3.96. The van der Waals surface area contributed by atoms with E-state index in [1.165, 1.54) is 5.56 Å². The van der Waals surface area contributed by atoms with Crippen molar-refractivity contribution in [2.24, 2.45) is 0 Å². The number of rotatable bonds is 8. The van der Waals surface area contributed by atoms with E-state index in [9.17, 15) is 0 Å². The van der Waals surface area contributed by atoms with E-state index in [-0.39, 0.29) is 0 Å². The van der Waals surface area contributed by atoms with Gasteiger partial charge in [0.2, 0.25) is 5.36 Å². The molecule has 4 rings (SSSR count). The summed E-state index contributed by atoms with van der Waals surface area (Å²) in [5, 5.41) is 2.05. The molecule has 3 aromatic carbocycles. The van der Waals surface area contributed by atoms with E-state index in [0.717, 1.165) is 57.7 Å². The highest BCUT2D eigenvalue weighted by Crippen LogP contribution is 2.32. The molecule has 1 aromatic heterocycles. The molecule has 1 heterocycles. The first kappa shape index (κ1) is 29.8. The SMILES string of the molecule is COc1ccc(CC[NH+]=c2cc(-c3ccc(OC)c(OC)c3)oc3ccc(C)cc23)cc1OC.[O-][Cl+3]([O-])([O-])[O-]. The third-order valence-corrected chi connectivity index (χ3v) is 5.77. The van der Waals surface area contributed by atoms with Gasteiger partial charge in [-0.05, 0) is 55.0 Å². The maximum Gasteiger partial charge on any atom is 0.213 e. The lowest BCUT2D eigenvalue weighted by molar-refractivity contribution is -2.00. The van der Waals surface area contributed by atoms with Gasteiger partial charge in [-0.1, -0.05) is 17.7 Å². The molecule has 11 heteroatoms. The Hall–Kier alpha value is -3.80. The Morgan fingerprint density at radius 3 is 1.92 bits per heavy atom. The highest BCUT2D eigenvalue weighted by atomic mass is 35.7. The first-order chi connectivity index (χ1) is 18.6. The number of fused-ring (bicyclic) bond motifs is 1. The van der Waals surface area contributed by atoms with Crippen LogP contribution in [0.5, 0.6) is 23.0 Å². The summed E-state index contributed by atoms with van der Waals surface area (Å²) in [6.07, 6.45) is 0.825. The fourth-order valence-corrected chi connectivity index (χ4v) is 3.96. The van der Waals surface area contributed by atoms with E-state index in [0.29, 0.717) is 11.5 Å². The third-order valence-electron chi connectivity index (χ3n) is 5.77. The molecule has 4 aromatic rings. The molecule has 0 fully saturated rings. The van der Waals surface area contributed by atoms with Gasteiger partial charge in [0.1, 0.15) is 17.9 Å². The number of methoxy groups -OCH3 is 4. The number of nitrogens with one attached hydrogen (secondary N) is 1. The van der Waals surface area contributed by atoms with Gasteiger partial charge in [0.25, 0.3) is 0 Å². The van der Waals surface area contributed by atoms with Crippen molar-refractivity contribution in [1.29, 1.82) is 0 Å². The molecule has 0 radical (unpaired) electrons. The number of halogens is 1. The van der Waals surface area contributed by atoms with Crippen molar-refractivity contribution in [1.82, 2.24) is 0 Å². The molecule has 208 valence electrons. The zero-order valence-electron chi connectivity index (χ0n) is 22.2. The van der Waals surface area contributed by atoms with Gasteiger partial charge in [-0.3, -0.25) is 0 Å². The van der Waals surface area contributed by atoms with Crippen LogP contribution in [-0.2, 0) is 6.42 Å². The molecule has 0 amide bonds. The summed E-state index contributed by atoms with van der Waals surface area (Å²) >= 11 is 0. The Balaban J connectivity index is 0.000000771. The summed E-state index contributed by atoms with van der Waals surface area (Å²) in [6.45, 7) is 2.82. The largest absolute Gasteiger partial charge is 0.493 e. The second kappa shape index (κ2) is 13.3. The van der Waals surface area contributed by atoms with Gasteiger partial charge >= 0.3 is 0 Å². The average molecular weight is 560 g/mol. The molecular weight excluding hydrogens is 530 g/mol. The zero-order valence-corrected chi connectivity index (χ0v) is 23.0. The molecular formula is C28H30ClNO9. The number of ether oxygens (including phenoxy) is 4. The van der Waals surface area contributed by atoms with Crippen LogP contribution in [-0.4, -0.2) is 35.0 Å². The topological polar surface area (TPSA) is 156 Å². The van der Waals surface area contributed by atoms with Crippen LogP contribution < -0.4 is 47.9 Å². The average Bonchev–Trinajstić information content (AvgIpc) is 2.91. The maximum atomic E-state index is 8.49. The van der Waals surface area contributed by atoms with Crippen LogP contribution in [0, 0.1) is 17.2 Å². The van der Waals surface area contributed by atoms with Crippen molar-refractivity contribution < 1.29 is 57.2 Å². The molecule has 0 aliphatic heterocycles. The summed E-state index contributed by atoms with van der Waals surface area (Å²) < 4.78 is 61.9. The molecule has 0 aliphatic rings. The van der Waals surface area contributed by atoms with Crippen LogP contribution in [0.4, 0.5) is 0 Å². The minimum atomic E-state index is -4.94. The van der Waals surface area contributed by atoms with E-state index in [4.69, 9.17) is 42.0 Å². The Morgan fingerprint density at radius 2 is 1.31 bits per heavy atom. The van der Waals surface area contributed by atoms with E-state index < -0.39 is 10.2 Å². The summed E-state index contributed by atoms with van der Waals surface area (Å²) in [5.74, 6) is 3.53. The molecule has 1 N–H and O–H groups in total. The summed E-state index contributed by atoms with van der Waals surface area (Å²) in [5.41, 5.74) is 4.05. The van der Waals surface area contributed by atoms with E-state index in [1.807, 2.05) is 42.5 Å². The summed E-state index contributed by atoms with van der Waals surface area (Å²) in [6, 6.07) is 20.0. The Bertz CT molecular complexity index is 1470. The molecule has 0 spiro atoms. The van der Waals surface area contributed by atoms with Gasteiger partial charge in [0, 0.05) is 12.0 Å². The van der Waals surface area contributed by atoms with Gasteiger partial charge in [0.05, 0.1) is 39.9 Å². The third kappa shape index (κ3) is 8.34. The minimum Gasteiger partial charge on any atom is -0.493 e. The second-order valence-electron chi connectivity index (χ2n) is 8.34. The monoisotopic (exact) mass is 559 g/mol. The smallest absolute Gasteiger partial charge is 0.213 e. The van der Waals surface area contributed by atoms with Crippen LogP contribution in [0.15, 0.2) is 65.1 Å². The van der Waals surface area contributed by atoms with Crippen molar-refractivity contribution >= 4 is 11.0 Å². The van der Waals surface area contributed by atoms with Gasteiger partial charge < -0.3 is 23.4 Å². The molecule has 39 heavy (non-hydrogen) atoms. The Labute approximate surface area is 228 Å². The molecule has 0 unspecified atom stereocenters. The van der Waals surface area contributed by atoms with Gasteiger partial charge in [-0.15, -0.1) is 10.2 Å². The van der Waals surface area contributed by atoms with Gasteiger partial charge in [0.15, 0.2) is 23.0 Å². The second-order valence-corrected chi connectivity index (χ2v) is 9.09. The number of hydrogen-bond acceptors (Lipinski definition) is 9. The van der Waals surface area contributed by atoms with Crippen LogP contribution in [0.2, 0.25) is 0 Å². The lowest BCUT2D eigenvalue weighted by Gasteiger charge is -2.17. The molecule has 0 saturated carbocycles. The molecule has 0 atom stereocenters. The molecule has 0 bridgehead atoms. The molecule has 10 nitrogen and oxygen atoms in total. The minimum absolute atomic E-state index is 0.655. The Kier molecular flexibility index (Phi) is 10.2.